The van der Waals surface area contributed by atoms with Crippen molar-refractivity contribution in [2.24, 2.45) is 0 Å². The normalized spacial score (nSPS) is 14.5. The summed E-state index contributed by atoms with van der Waals surface area (Å²) in [5.74, 6) is 0.617. The minimum absolute atomic E-state index is 0.0997. The first-order chi connectivity index (χ1) is 6.16. The first kappa shape index (κ1) is 8.56. The van der Waals surface area contributed by atoms with E-state index in [0.29, 0.717) is 0 Å². The van der Waals surface area contributed by atoms with Gasteiger partial charge in [0.2, 0.25) is 0 Å². The SMILES string of the molecule is Cc1cc2c(cc1Br)OCC(=O)N2. The summed E-state index contributed by atoms with van der Waals surface area (Å²) in [6.45, 7) is 2.06. The van der Waals surface area contributed by atoms with Crippen LogP contribution in [0.1, 0.15) is 5.56 Å². The van der Waals surface area contributed by atoms with Crippen LogP contribution in [0.4, 0.5) is 5.69 Å². The molecule has 1 aromatic carbocycles. The van der Waals surface area contributed by atoms with E-state index in [2.05, 4.69) is 21.2 Å². The van der Waals surface area contributed by atoms with E-state index in [-0.39, 0.29) is 12.5 Å². The van der Waals surface area contributed by atoms with Gasteiger partial charge in [0.15, 0.2) is 6.61 Å². The zero-order chi connectivity index (χ0) is 9.42. The molecular weight excluding hydrogens is 234 g/mol. The van der Waals surface area contributed by atoms with Gasteiger partial charge in [-0.05, 0) is 24.6 Å². The number of aryl methyl sites for hydroxylation is 1. The Labute approximate surface area is 84.2 Å². The summed E-state index contributed by atoms with van der Waals surface area (Å²) in [6, 6.07) is 3.75. The monoisotopic (exact) mass is 241 g/mol. The third-order valence-corrected chi connectivity index (χ3v) is 2.75. The van der Waals surface area contributed by atoms with Gasteiger partial charge < -0.3 is 10.1 Å². The molecule has 1 amide bonds. The smallest absolute Gasteiger partial charge is 0.262 e. The number of ether oxygens (including phenoxy) is 1. The van der Waals surface area contributed by atoms with Crippen molar-refractivity contribution in [3.8, 4) is 5.75 Å². The van der Waals surface area contributed by atoms with E-state index in [1.54, 1.807) is 0 Å². The highest BCUT2D eigenvalue weighted by Crippen LogP contribution is 2.32. The van der Waals surface area contributed by atoms with Crippen LogP contribution in [0.25, 0.3) is 0 Å². The molecule has 0 bridgehead atoms. The second-order valence-corrected chi connectivity index (χ2v) is 3.79. The van der Waals surface area contributed by atoms with Gasteiger partial charge in [-0.2, -0.15) is 0 Å². The van der Waals surface area contributed by atoms with Crippen LogP contribution in [0, 0.1) is 6.92 Å². The van der Waals surface area contributed by atoms with Gasteiger partial charge in [0.05, 0.1) is 5.69 Å². The lowest BCUT2D eigenvalue weighted by atomic mass is 10.2. The van der Waals surface area contributed by atoms with Crippen LogP contribution in [0.2, 0.25) is 0 Å². The van der Waals surface area contributed by atoms with Gasteiger partial charge in [0.1, 0.15) is 5.75 Å². The van der Waals surface area contributed by atoms with Crippen LogP contribution < -0.4 is 10.1 Å². The van der Waals surface area contributed by atoms with Gasteiger partial charge in [-0.3, -0.25) is 4.79 Å². The lowest BCUT2D eigenvalue weighted by Crippen LogP contribution is -2.25. The average molecular weight is 242 g/mol. The Bertz CT molecular complexity index is 376. The molecule has 1 aliphatic heterocycles. The maximum Gasteiger partial charge on any atom is 0.262 e. The molecule has 0 saturated carbocycles. The minimum Gasteiger partial charge on any atom is -0.482 e. The van der Waals surface area contributed by atoms with Gasteiger partial charge in [-0.1, -0.05) is 15.9 Å². The van der Waals surface area contributed by atoms with Crippen molar-refractivity contribution in [1.82, 2.24) is 0 Å². The first-order valence-corrected chi connectivity index (χ1v) is 4.69. The lowest BCUT2D eigenvalue weighted by molar-refractivity contribution is -0.118. The molecule has 0 radical (unpaired) electrons. The first-order valence-electron chi connectivity index (χ1n) is 3.89. The van der Waals surface area contributed by atoms with Crippen molar-refractivity contribution in [1.29, 1.82) is 0 Å². The predicted octanol–water partition coefficient (Wildman–Crippen LogP) is 2.09. The number of rotatable bonds is 0. The van der Waals surface area contributed by atoms with Gasteiger partial charge >= 0.3 is 0 Å². The number of amides is 1. The number of carbonyl (C=O) groups is 1. The van der Waals surface area contributed by atoms with Gasteiger partial charge in [0.25, 0.3) is 5.91 Å². The second kappa shape index (κ2) is 3.03. The summed E-state index contributed by atoms with van der Waals surface area (Å²) in [6.07, 6.45) is 0. The number of nitrogens with one attached hydrogen (secondary N) is 1. The van der Waals surface area contributed by atoms with E-state index in [4.69, 9.17) is 4.74 Å². The third kappa shape index (κ3) is 1.54. The lowest BCUT2D eigenvalue weighted by Gasteiger charge is -2.18. The highest BCUT2D eigenvalue weighted by molar-refractivity contribution is 9.10. The van der Waals surface area contributed by atoms with Gasteiger partial charge in [0, 0.05) is 4.47 Å². The Kier molecular flexibility index (Phi) is 2.00. The molecular formula is C9H8BrNO2. The number of benzene rings is 1. The summed E-state index contributed by atoms with van der Waals surface area (Å²) in [5, 5.41) is 2.74. The molecule has 0 spiro atoms. The molecule has 1 aliphatic rings. The zero-order valence-electron chi connectivity index (χ0n) is 7.06. The van der Waals surface area contributed by atoms with Crippen molar-refractivity contribution in [3.63, 3.8) is 0 Å². The van der Waals surface area contributed by atoms with E-state index in [0.717, 1.165) is 21.5 Å². The van der Waals surface area contributed by atoms with Crippen molar-refractivity contribution < 1.29 is 9.53 Å². The van der Waals surface area contributed by atoms with Crippen molar-refractivity contribution in [3.05, 3.63) is 22.2 Å². The van der Waals surface area contributed by atoms with Crippen LogP contribution in [-0.2, 0) is 4.79 Å². The number of fused-ring (bicyclic) bond motifs is 1. The fourth-order valence-electron chi connectivity index (χ4n) is 1.21. The summed E-state index contributed by atoms with van der Waals surface area (Å²) in [5.41, 5.74) is 1.82. The molecule has 13 heavy (non-hydrogen) atoms. The number of halogens is 1. The molecule has 1 aromatic rings. The predicted molar refractivity (Wildman–Crippen MR) is 53.0 cm³/mol. The minimum atomic E-state index is -0.103. The highest BCUT2D eigenvalue weighted by atomic mass is 79.9. The molecule has 68 valence electrons. The standard InChI is InChI=1S/C9H8BrNO2/c1-5-2-7-8(3-6(5)10)13-4-9(12)11-7/h2-3H,4H2,1H3,(H,11,12). The molecule has 0 fully saturated rings. The van der Waals surface area contributed by atoms with Crippen molar-refractivity contribution in [2.45, 2.75) is 6.92 Å². The topological polar surface area (TPSA) is 38.3 Å². The van der Waals surface area contributed by atoms with E-state index in [9.17, 15) is 4.79 Å². The van der Waals surface area contributed by atoms with Crippen LogP contribution in [0.5, 0.6) is 5.75 Å². The summed E-state index contributed by atoms with van der Waals surface area (Å²) in [7, 11) is 0. The molecule has 2 rings (SSSR count). The van der Waals surface area contributed by atoms with E-state index in [1.165, 1.54) is 0 Å². The molecule has 1 heterocycles. The fraction of sp³-hybridized carbons (Fsp3) is 0.222. The molecule has 4 heteroatoms. The Morgan fingerprint density at radius 2 is 2.31 bits per heavy atom. The summed E-state index contributed by atoms with van der Waals surface area (Å²) in [4.78, 5) is 11.0. The second-order valence-electron chi connectivity index (χ2n) is 2.93. The van der Waals surface area contributed by atoms with Gasteiger partial charge in [-0.25, -0.2) is 0 Å². The maximum atomic E-state index is 11.0. The van der Waals surface area contributed by atoms with E-state index < -0.39 is 0 Å². The van der Waals surface area contributed by atoms with Gasteiger partial charge in [-0.15, -0.1) is 0 Å². The number of carbonyl (C=O) groups excluding carboxylic acids is 1. The summed E-state index contributed by atoms with van der Waals surface area (Å²) >= 11 is 3.40. The highest BCUT2D eigenvalue weighted by Gasteiger charge is 2.16. The molecule has 1 N–H and O–H groups in total. The number of hydrogen-bond donors (Lipinski definition) is 1. The Morgan fingerprint density at radius 1 is 1.54 bits per heavy atom. The van der Waals surface area contributed by atoms with Crippen LogP contribution >= 0.6 is 15.9 Å². The molecule has 0 aromatic heterocycles. The quantitative estimate of drug-likeness (QED) is 0.756. The fourth-order valence-corrected chi connectivity index (χ4v) is 1.53. The summed E-state index contributed by atoms with van der Waals surface area (Å²) < 4.78 is 6.22. The Balaban J connectivity index is 2.49. The molecule has 0 aliphatic carbocycles. The van der Waals surface area contributed by atoms with Crippen LogP contribution in [-0.4, -0.2) is 12.5 Å². The van der Waals surface area contributed by atoms with E-state index >= 15 is 0 Å². The molecule has 0 unspecified atom stereocenters. The largest absolute Gasteiger partial charge is 0.482 e. The maximum absolute atomic E-state index is 11.0. The Morgan fingerprint density at radius 3 is 3.08 bits per heavy atom. The van der Waals surface area contributed by atoms with E-state index in [1.807, 2.05) is 19.1 Å². The van der Waals surface area contributed by atoms with Crippen molar-refractivity contribution >= 4 is 27.5 Å². The van der Waals surface area contributed by atoms with Crippen molar-refractivity contribution in [2.75, 3.05) is 11.9 Å². The molecule has 3 nitrogen and oxygen atoms in total. The number of hydrogen-bond acceptors (Lipinski definition) is 2. The number of anilines is 1. The third-order valence-electron chi connectivity index (χ3n) is 1.89. The average Bonchev–Trinajstić information content (AvgIpc) is 2.08. The van der Waals surface area contributed by atoms with Crippen LogP contribution in [0.15, 0.2) is 16.6 Å². The van der Waals surface area contributed by atoms with Crippen LogP contribution in [0.3, 0.4) is 0 Å². The molecule has 0 atom stereocenters. The Hall–Kier alpha value is -1.03. The molecule has 0 saturated heterocycles. The zero-order valence-corrected chi connectivity index (χ0v) is 8.64.